The van der Waals surface area contributed by atoms with Crippen LogP contribution in [0.25, 0.3) is 0 Å². The zero-order valence-corrected chi connectivity index (χ0v) is 13.1. The van der Waals surface area contributed by atoms with Gasteiger partial charge in [-0.2, -0.15) is 0 Å². The molecule has 3 heterocycles. The Morgan fingerprint density at radius 1 is 1.38 bits per heavy atom. The highest BCUT2D eigenvalue weighted by molar-refractivity contribution is 7.14. The summed E-state index contributed by atoms with van der Waals surface area (Å²) in [6, 6.07) is 1.95. The van der Waals surface area contributed by atoms with E-state index in [1.807, 2.05) is 19.9 Å². The minimum Gasteiger partial charge on any atom is -0.423 e. The molecule has 21 heavy (non-hydrogen) atoms. The lowest BCUT2D eigenvalue weighted by Crippen LogP contribution is -2.42. The van der Waals surface area contributed by atoms with E-state index in [1.54, 1.807) is 11.8 Å². The average Bonchev–Trinajstić information content (AvgIpc) is 3.05. The number of hydrogen-bond acceptors (Lipinski definition) is 6. The smallest absolute Gasteiger partial charge is 0.264 e. The van der Waals surface area contributed by atoms with Gasteiger partial charge in [0.2, 0.25) is 11.8 Å². The number of thiophene rings is 1. The number of carbonyl (C=O) groups excluding carboxylic acids is 1. The molecule has 1 saturated heterocycles. The highest BCUT2D eigenvalue weighted by Gasteiger charge is 2.30. The molecule has 1 aliphatic heterocycles. The van der Waals surface area contributed by atoms with Crippen molar-refractivity contribution in [3.63, 3.8) is 0 Å². The molecule has 0 aliphatic carbocycles. The van der Waals surface area contributed by atoms with Crippen LogP contribution < -0.4 is 0 Å². The van der Waals surface area contributed by atoms with Crippen molar-refractivity contribution in [1.82, 2.24) is 15.1 Å². The van der Waals surface area contributed by atoms with Crippen molar-refractivity contribution in [2.45, 2.75) is 26.9 Å². The average molecular weight is 307 g/mol. The van der Waals surface area contributed by atoms with Gasteiger partial charge in [-0.15, -0.1) is 21.5 Å². The molecular formula is C14H17N3O3S. The number of rotatable bonds is 2. The Bertz CT molecular complexity index is 645. The van der Waals surface area contributed by atoms with Crippen LogP contribution in [0, 0.1) is 20.8 Å². The van der Waals surface area contributed by atoms with Crippen LogP contribution in [-0.2, 0) is 4.74 Å². The third kappa shape index (κ3) is 2.84. The third-order valence-electron chi connectivity index (χ3n) is 3.55. The summed E-state index contributed by atoms with van der Waals surface area (Å²) in [7, 11) is 0. The standard InChI is InChI=1S/C14H17N3O3S/c1-8-6-12(21-9(8)2)14(18)17-4-5-19-11(7-17)13-16-15-10(3)20-13/h6,11H,4-5,7H2,1-3H3/t11-/m1/s1. The summed E-state index contributed by atoms with van der Waals surface area (Å²) in [5.41, 5.74) is 1.15. The van der Waals surface area contributed by atoms with E-state index < -0.39 is 0 Å². The normalized spacial score (nSPS) is 19.0. The van der Waals surface area contributed by atoms with Gasteiger partial charge >= 0.3 is 0 Å². The van der Waals surface area contributed by atoms with Crippen LogP contribution >= 0.6 is 11.3 Å². The summed E-state index contributed by atoms with van der Waals surface area (Å²) in [5, 5.41) is 7.78. The predicted octanol–water partition coefficient (Wildman–Crippen LogP) is 2.27. The number of morpholine rings is 1. The van der Waals surface area contributed by atoms with Crippen molar-refractivity contribution < 1.29 is 13.9 Å². The number of nitrogens with zero attached hydrogens (tertiary/aromatic N) is 3. The summed E-state index contributed by atoms with van der Waals surface area (Å²) in [5.74, 6) is 0.978. The molecular weight excluding hydrogens is 290 g/mol. The van der Waals surface area contributed by atoms with Crippen molar-refractivity contribution in [3.05, 3.63) is 33.2 Å². The summed E-state index contributed by atoms with van der Waals surface area (Å²) in [4.78, 5) is 16.3. The Morgan fingerprint density at radius 3 is 2.81 bits per heavy atom. The monoisotopic (exact) mass is 307 g/mol. The van der Waals surface area contributed by atoms with E-state index in [0.29, 0.717) is 31.5 Å². The fraction of sp³-hybridized carbons (Fsp3) is 0.500. The number of hydrogen-bond donors (Lipinski definition) is 0. The number of ether oxygens (including phenoxy) is 1. The first-order valence-electron chi connectivity index (χ1n) is 6.82. The van der Waals surface area contributed by atoms with Crippen LogP contribution in [0.5, 0.6) is 0 Å². The summed E-state index contributed by atoms with van der Waals surface area (Å²) >= 11 is 1.53. The van der Waals surface area contributed by atoms with E-state index in [1.165, 1.54) is 16.2 Å². The van der Waals surface area contributed by atoms with Crippen molar-refractivity contribution >= 4 is 17.2 Å². The fourth-order valence-electron chi connectivity index (χ4n) is 2.26. The molecule has 0 spiro atoms. The summed E-state index contributed by atoms with van der Waals surface area (Å²) in [6.45, 7) is 7.28. The number of amides is 1. The molecule has 0 unspecified atom stereocenters. The first-order valence-corrected chi connectivity index (χ1v) is 7.64. The lowest BCUT2D eigenvalue weighted by Gasteiger charge is -2.30. The quantitative estimate of drug-likeness (QED) is 0.851. The molecule has 1 amide bonds. The van der Waals surface area contributed by atoms with Crippen molar-refractivity contribution in [3.8, 4) is 0 Å². The van der Waals surface area contributed by atoms with E-state index in [2.05, 4.69) is 10.2 Å². The molecule has 3 rings (SSSR count). The fourth-order valence-corrected chi connectivity index (χ4v) is 3.26. The van der Waals surface area contributed by atoms with Gasteiger partial charge in [-0.1, -0.05) is 0 Å². The predicted molar refractivity (Wildman–Crippen MR) is 77.4 cm³/mol. The second-order valence-electron chi connectivity index (χ2n) is 5.12. The lowest BCUT2D eigenvalue weighted by molar-refractivity contribution is -0.0347. The van der Waals surface area contributed by atoms with E-state index in [-0.39, 0.29) is 12.0 Å². The first kappa shape index (κ1) is 14.2. The molecule has 0 radical (unpaired) electrons. The molecule has 1 atom stereocenters. The van der Waals surface area contributed by atoms with Crippen LogP contribution in [0.3, 0.4) is 0 Å². The molecule has 0 aromatic carbocycles. The SMILES string of the molecule is Cc1nnc([C@H]2CN(C(=O)c3cc(C)c(C)s3)CCO2)o1. The molecule has 1 aliphatic rings. The first-order chi connectivity index (χ1) is 10.0. The summed E-state index contributed by atoms with van der Waals surface area (Å²) < 4.78 is 11.0. The number of aromatic nitrogens is 2. The molecule has 0 N–H and O–H groups in total. The zero-order valence-electron chi connectivity index (χ0n) is 12.3. The van der Waals surface area contributed by atoms with Gasteiger partial charge in [0, 0.05) is 18.3 Å². The van der Waals surface area contributed by atoms with Crippen molar-refractivity contribution in [2.75, 3.05) is 19.7 Å². The number of aryl methyl sites for hydroxylation is 3. The van der Waals surface area contributed by atoms with Gasteiger partial charge in [0.15, 0.2) is 6.10 Å². The Labute approximate surface area is 126 Å². The van der Waals surface area contributed by atoms with Crippen molar-refractivity contribution in [2.24, 2.45) is 0 Å². The van der Waals surface area contributed by atoms with Crippen LogP contribution in [-0.4, -0.2) is 40.7 Å². The Morgan fingerprint density at radius 2 is 2.19 bits per heavy atom. The molecule has 1 fully saturated rings. The van der Waals surface area contributed by atoms with Gasteiger partial charge in [-0.3, -0.25) is 4.79 Å². The zero-order chi connectivity index (χ0) is 15.0. The van der Waals surface area contributed by atoms with E-state index in [0.717, 1.165) is 10.4 Å². The van der Waals surface area contributed by atoms with Gasteiger partial charge in [-0.25, -0.2) is 0 Å². The topological polar surface area (TPSA) is 68.5 Å². The largest absolute Gasteiger partial charge is 0.423 e. The highest BCUT2D eigenvalue weighted by Crippen LogP contribution is 2.26. The molecule has 7 heteroatoms. The van der Waals surface area contributed by atoms with E-state index >= 15 is 0 Å². The maximum absolute atomic E-state index is 12.6. The second kappa shape index (κ2) is 5.57. The molecule has 2 aromatic heterocycles. The molecule has 0 bridgehead atoms. The van der Waals surface area contributed by atoms with Gasteiger partial charge in [-0.05, 0) is 25.5 Å². The van der Waals surface area contributed by atoms with Crippen molar-refractivity contribution in [1.29, 1.82) is 0 Å². The molecule has 112 valence electrons. The van der Waals surface area contributed by atoms with Gasteiger partial charge in [0.1, 0.15) is 0 Å². The highest BCUT2D eigenvalue weighted by atomic mass is 32.1. The van der Waals surface area contributed by atoms with E-state index in [9.17, 15) is 4.79 Å². The molecule has 2 aromatic rings. The minimum absolute atomic E-state index is 0.0423. The molecule has 6 nitrogen and oxygen atoms in total. The van der Waals surface area contributed by atoms with Crippen LogP contribution in [0.2, 0.25) is 0 Å². The third-order valence-corrected chi connectivity index (χ3v) is 4.69. The van der Waals surface area contributed by atoms with Gasteiger partial charge < -0.3 is 14.1 Å². The van der Waals surface area contributed by atoms with Gasteiger partial charge in [0.25, 0.3) is 5.91 Å². The minimum atomic E-state index is -0.342. The Hall–Kier alpha value is -1.73. The van der Waals surface area contributed by atoms with Crippen LogP contribution in [0.15, 0.2) is 10.5 Å². The maximum atomic E-state index is 12.6. The van der Waals surface area contributed by atoms with Crippen LogP contribution in [0.4, 0.5) is 0 Å². The Kier molecular flexibility index (Phi) is 3.77. The van der Waals surface area contributed by atoms with E-state index in [4.69, 9.17) is 9.15 Å². The lowest BCUT2D eigenvalue weighted by atomic mass is 10.2. The maximum Gasteiger partial charge on any atom is 0.264 e. The van der Waals surface area contributed by atoms with Crippen LogP contribution in [0.1, 0.15) is 38.0 Å². The number of carbonyl (C=O) groups is 1. The summed E-state index contributed by atoms with van der Waals surface area (Å²) in [6.07, 6.45) is -0.342. The molecule has 0 saturated carbocycles. The Balaban J connectivity index is 1.75. The second-order valence-corrected chi connectivity index (χ2v) is 6.38. The van der Waals surface area contributed by atoms with Gasteiger partial charge in [0.05, 0.1) is 18.0 Å².